The molecule has 140 valence electrons. The van der Waals surface area contributed by atoms with Gasteiger partial charge in [-0.15, -0.1) is 0 Å². The molecule has 0 unspecified atom stereocenters. The first-order valence-electron chi connectivity index (χ1n) is 8.98. The Bertz CT molecular complexity index is 1040. The maximum Gasteiger partial charge on any atom is 0.336 e. The molecule has 0 aliphatic carbocycles. The van der Waals surface area contributed by atoms with Crippen molar-refractivity contribution in [1.29, 1.82) is 0 Å². The zero-order valence-electron chi connectivity index (χ0n) is 14.9. The van der Waals surface area contributed by atoms with E-state index in [9.17, 15) is 4.79 Å². The molecule has 0 saturated heterocycles. The summed E-state index contributed by atoms with van der Waals surface area (Å²) in [6.45, 7) is 3.02. The highest BCUT2D eigenvalue weighted by molar-refractivity contribution is 6.33. The molecule has 2 aromatic carbocycles. The highest BCUT2D eigenvalue weighted by atomic mass is 35.5. The maximum atomic E-state index is 12.2. The van der Waals surface area contributed by atoms with Crippen LogP contribution in [0.1, 0.15) is 30.9 Å². The number of anilines is 1. The number of nitrogens with zero attached hydrogens (tertiary/aromatic N) is 1. The number of benzene rings is 2. The number of hydrogen-bond acceptors (Lipinski definition) is 4. The second kappa shape index (κ2) is 7.45. The summed E-state index contributed by atoms with van der Waals surface area (Å²) in [4.78, 5) is 14.2. The Morgan fingerprint density at radius 1 is 1.15 bits per heavy atom. The van der Waals surface area contributed by atoms with Crippen LogP contribution < -0.4 is 15.3 Å². The van der Waals surface area contributed by atoms with Gasteiger partial charge in [0.2, 0.25) is 0 Å². The molecule has 0 radical (unpaired) electrons. The highest BCUT2D eigenvalue weighted by Gasteiger charge is 2.25. The van der Waals surface area contributed by atoms with Crippen LogP contribution in [0.25, 0.3) is 11.0 Å². The Balaban J connectivity index is 1.83. The zero-order chi connectivity index (χ0) is 19.0. The van der Waals surface area contributed by atoms with E-state index in [1.165, 1.54) is 0 Å². The van der Waals surface area contributed by atoms with Gasteiger partial charge in [-0.1, -0.05) is 36.5 Å². The number of hydrogen-bond donors (Lipinski definition) is 0. The average Bonchev–Trinajstić information content (AvgIpc) is 2.67. The molecule has 0 atom stereocenters. The molecule has 0 N–H and O–H groups in total. The van der Waals surface area contributed by atoms with Crippen molar-refractivity contribution in [3.8, 4) is 5.75 Å². The molecule has 3 aromatic rings. The summed E-state index contributed by atoms with van der Waals surface area (Å²) in [7, 11) is 0. The Labute approximate surface area is 167 Å². The summed E-state index contributed by atoms with van der Waals surface area (Å²) < 4.78 is 11.5. The molecule has 1 aliphatic rings. The largest absolute Gasteiger partial charge is 0.471 e. The van der Waals surface area contributed by atoms with Crippen molar-refractivity contribution in [2.24, 2.45) is 0 Å². The first-order valence-corrected chi connectivity index (χ1v) is 9.74. The molecule has 0 spiro atoms. The summed E-state index contributed by atoms with van der Waals surface area (Å²) in [5, 5.41) is 2.10. The Morgan fingerprint density at radius 3 is 2.67 bits per heavy atom. The lowest BCUT2D eigenvalue weighted by molar-refractivity contribution is 0.289. The van der Waals surface area contributed by atoms with E-state index >= 15 is 0 Å². The summed E-state index contributed by atoms with van der Waals surface area (Å²) in [6, 6.07) is 11.0. The van der Waals surface area contributed by atoms with E-state index in [1.54, 1.807) is 6.07 Å². The summed E-state index contributed by atoms with van der Waals surface area (Å²) in [5.41, 5.74) is 2.96. The fraction of sp³-hybridized carbons (Fsp3) is 0.286. The maximum absolute atomic E-state index is 12.2. The molecule has 0 fully saturated rings. The van der Waals surface area contributed by atoms with Crippen LogP contribution in [0.2, 0.25) is 10.0 Å². The van der Waals surface area contributed by atoms with E-state index in [-0.39, 0.29) is 5.63 Å². The van der Waals surface area contributed by atoms with Crippen LogP contribution in [0.3, 0.4) is 0 Å². The molecule has 6 heteroatoms. The van der Waals surface area contributed by atoms with Gasteiger partial charge < -0.3 is 14.1 Å². The number of unbranched alkanes of at least 4 members (excludes halogenated alkanes) is 1. The Hall–Kier alpha value is -2.17. The van der Waals surface area contributed by atoms with Gasteiger partial charge in [-0.3, -0.25) is 0 Å². The van der Waals surface area contributed by atoms with Crippen molar-refractivity contribution in [2.45, 2.75) is 32.7 Å². The molecule has 1 aliphatic heterocycles. The quantitative estimate of drug-likeness (QED) is 0.516. The summed E-state index contributed by atoms with van der Waals surface area (Å²) in [5.74, 6) is 0.588. The molecule has 4 nitrogen and oxygen atoms in total. The minimum Gasteiger partial charge on any atom is -0.471 e. The standard InChI is InChI=1S/C21H19Cl2NO3/c1-2-3-4-13-9-19(25)27-20-16(13)10-18(23)21-17(20)11-24(12-26-21)15-7-5-14(22)6-8-15/h5-10H,2-4,11-12H2,1H3. The highest BCUT2D eigenvalue weighted by Crippen LogP contribution is 2.40. The van der Waals surface area contributed by atoms with E-state index in [1.807, 2.05) is 35.2 Å². The van der Waals surface area contributed by atoms with Gasteiger partial charge in [0, 0.05) is 22.2 Å². The van der Waals surface area contributed by atoms with Crippen LogP contribution in [-0.4, -0.2) is 6.73 Å². The first-order chi connectivity index (χ1) is 13.1. The normalized spacial score (nSPS) is 13.5. The van der Waals surface area contributed by atoms with Crippen LogP contribution in [0.15, 0.2) is 45.6 Å². The topological polar surface area (TPSA) is 42.7 Å². The molecule has 4 rings (SSSR count). The second-order valence-corrected chi connectivity index (χ2v) is 7.53. The van der Waals surface area contributed by atoms with Gasteiger partial charge in [-0.05, 0) is 48.7 Å². The van der Waals surface area contributed by atoms with Crippen LogP contribution in [0, 0.1) is 0 Å². The number of ether oxygens (including phenoxy) is 1. The Morgan fingerprint density at radius 2 is 1.93 bits per heavy atom. The summed E-state index contributed by atoms with van der Waals surface area (Å²) >= 11 is 12.5. The zero-order valence-corrected chi connectivity index (χ0v) is 16.4. The minimum absolute atomic E-state index is 0.346. The predicted molar refractivity (Wildman–Crippen MR) is 109 cm³/mol. The third kappa shape index (κ3) is 3.52. The van der Waals surface area contributed by atoms with Crippen molar-refractivity contribution in [2.75, 3.05) is 11.6 Å². The van der Waals surface area contributed by atoms with E-state index in [0.717, 1.165) is 41.5 Å². The number of rotatable bonds is 4. The smallest absolute Gasteiger partial charge is 0.336 e. The minimum atomic E-state index is -0.346. The number of halogens is 2. The van der Waals surface area contributed by atoms with E-state index in [2.05, 4.69) is 6.92 Å². The van der Waals surface area contributed by atoms with Gasteiger partial charge in [0.1, 0.15) is 11.3 Å². The molecule has 0 bridgehead atoms. The molecule has 0 amide bonds. The molecule has 2 heterocycles. The van der Waals surface area contributed by atoms with E-state index in [0.29, 0.717) is 34.7 Å². The van der Waals surface area contributed by atoms with Gasteiger partial charge in [-0.2, -0.15) is 0 Å². The van der Waals surface area contributed by atoms with E-state index < -0.39 is 0 Å². The van der Waals surface area contributed by atoms with Gasteiger partial charge in [0.15, 0.2) is 6.73 Å². The lowest BCUT2D eigenvalue weighted by Crippen LogP contribution is -2.32. The van der Waals surface area contributed by atoms with Crippen LogP contribution in [0.5, 0.6) is 5.75 Å². The third-order valence-electron chi connectivity index (χ3n) is 4.83. The van der Waals surface area contributed by atoms with Crippen LogP contribution >= 0.6 is 23.2 Å². The van der Waals surface area contributed by atoms with Gasteiger partial charge in [-0.25, -0.2) is 4.79 Å². The predicted octanol–water partition coefficient (Wildman–Crippen LogP) is 5.80. The van der Waals surface area contributed by atoms with Crippen LogP contribution in [0.4, 0.5) is 5.69 Å². The van der Waals surface area contributed by atoms with Crippen molar-refractivity contribution < 1.29 is 9.15 Å². The number of fused-ring (bicyclic) bond motifs is 3. The monoisotopic (exact) mass is 403 g/mol. The van der Waals surface area contributed by atoms with Crippen LogP contribution in [-0.2, 0) is 13.0 Å². The van der Waals surface area contributed by atoms with Gasteiger partial charge in [0.25, 0.3) is 0 Å². The van der Waals surface area contributed by atoms with E-state index in [4.69, 9.17) is 32.4 Å². The fourth-order valence-corrected chi connectivity index (χ4v) is 3.85. The lowest BCUT2D eigenvalue weighted by Gasteiger charge is -2.31. The fourth-order valence-electron chi connectivity index (χ4n) is 3.44. The molecular formula is C21H19Cl2NO3. The first kappa shape index (κ1) is 18.2. The molecule has 0 saturated carbocycles. The van der Waals surface area contributed by atoms with Crippen molar-refractivity contribution in [3.05, 3.63) is 68.0 Å². The Kier molecular flexibility index (Phi) is 5.02. The third-order valence-corrected chi connectivity index (χ3v) is 5.36. The molecule has 1 aromatic heterocycles. The SMILES string of the molecule is CCCCc1cc(=O)oc2c3c(c(Cl)cc12)OCN(c1ccc(Cl)cc1)C3. The van der Waals surface area contributed by atoms with Crippen molar-refractivity contribution >= 4 is 39.9 Å². The average molecular weight is 404 g/mol. The molecular weight excluding hydrogens is 385 g/mol. The molecule has 27 heavy (non-hydrogen) atoms. The lowest BCUT2D eigenvalue weighted by atomic mass is 10.0. The van der Waals surface area contributed by atoms with Gasteiger partial charge in [0.05, 0.1) is 17.1 Å². The van der Waals surface area contributed by atoms with Crippen molar-refractivity contribution in [1.82, 2.24) is 0 Å². The van der Waals surface area contributed by atoms with Crippen molar-refractivity contribution in [3.63, 3.8) is 0 Å². The summed E-state index contributed by atoms with van der Waals surface area (Å²) in [6.07, 6.45) is 2.87. The van der Waals surface area contributed by atoms with Gasteiger partial charge >= 0.3 is 5.63 Å². The number of aryl methyl sites for hydroxylation is 1. The second-order valence-electron chi connectivity index (χ2n) is 6.68.